The van der Waals surface area contributed by atoms with Crippen molar-refractivity contribution < 1.29 is 4.79 Å². The second-order valence-electron chi connectivity index (χ2n) is 6.75. The minimum absolute atomic E-state index is 0.232. The van der Waals surface area contributed by atoms with E-state index in [9.17, 15) is 9.59 Å². The summed E-state index contributed by atoms with van der Waals surface area (Å²) < 4.78 is 6.42. The van der Waals surface area contributed by atoms with Crippen molar-refractivity contribution in [1.82, 2.24) is 28.9 Å². The smallest absolute Gasteiger partial charge is 0.295 e. The van der Waals surface area contributed by atoms with Crippen LogP contribution < -0.4 is 10.9 Å². The molecule has 3 heterocycles. The summed E-state index contributed by atoms with van der Waals surface area (Å²) >= 11 is 0. The van der Waals surface area contributed by atoms with Crippen molar-refractivity contribution >= 4 is 11.6 Å². The summed E-state index contributed by atoms with van der Waals surface area (Å²) in [4.78, 5) is 26.2. The zero-order valence-corrected chi connectivity index (χ0v) is 16.6. The Morgan fingerprint density at radius 1 is 1.07 bits per heavy atom. The molecular weight excluding hydrogens is 370 g/mol. The molecule has 148 valence electrons. The zero-order chi connectivity index (χ0) is 20.7. The van der Waals surface area contributed by atoms with Crippen LogP contribution in [-0.2, 0) is 14.1 Å². The van der Waals surface area contributed by atoms with Crippen LogP contribution in [0, 0.1) is 13.8 Å². The van der Waals surface area contributed by atoms with Crippen molar-refractivity contribution in [3.05, 3.63) is 76.1 Å². The maximum Gasteiger partial charge on any atom is 0.295 e. The maximum atomic E-state index is 13.2. The van der Waals surface area contributed by atoms with Crippen molar-refractivity contribution in [3.8, 4) is 11.5 Å². The molecule has 0 radical (unpaired) electrons. The van der Waals surface area contributed by atoms with Crippen LogP contribution in [0.25, 0.3) is 11.5 Å². The third-order valence-corrected chi connectivity index (χ3v) is 4.93. The fourth-order valence-electron chi connectivity index (χ4n) is 3.46. The van der Waals surface area contributed by atoms with Gasteiger partial charge in [0, 0.05) is 26.5 Å². The lowest BCUT2D eigenvalue weighted by Crippen LogP contribution is -2.23. The highest BCUT2D eigenvalue weighted by atomic mass is 16.2. The molecule has 0 atom stereocenters. The van der Waals surface area contributed by atoms with E-state index in [0.29, 0.717) is 22.8 Å². The molecule has 0 unspecified atom stereocenters. The first-order valence-electron chi connectivity index (χ1n) is 9.09. The van der Waals surface area contributed by atoms with Gasteiger partial charge in [0.05, 0.1) is 17.1 Å². The Bertz CT molecular complexity index is 1240. The second-order valence-corrected chi connectivity index (χ2v) is 6.75. The molecule has 0 aliphatic carbocycles. The molecule has 0 spiro atoms. The molecule has 1 aromatic carbocycles. The molecule has 1 N–H and O–H groups in total. The van der Waals surface area contributed by atoms with Crippen LogP contribution >= 0.6 is 0 Å². The van der Waals surface area contributed by atoms with E-state index < -0.39 is 5.91 Å². The largest absolute Gasteiger partial charge is 0.316 e. The summed E-state index contributed by atoms with van der Waals surface area (Å²) in [5.41, 5.74) is 2.22. The topological polar surface area (TPSA) is 91.7 Å². The fraction of sp³-hybridized carbons (Fsp3) is 0.200. The summed E-state index contributed by atoms with van der Waals surface area (Å²) in [7, 11) is 3.53. The van der Waals surface area contributed by atoms with Crippen molar-refractivity contribution in [1.29, 1.82) is 0 Å². The van der Waals surface area contributed by atoms with E-state index in [2.05, 4.69) is 15.5 Å². The van der Waals surface area contributed by atoms with Gasteiger partial charge in [-0.15, -0.1) is 0 Å². The summed E-state index contributed by atoms with van der Waals surface area (Å²) in [6, 6.07) is 11.1. The Morgan fingerprint density at radius 3 is 2.45 bits per heavy atom. The van der Waals surface area contributed by atoms with E-state index in [1.165, 1.54) is 4.68 Å². The van der Waals surface area contributed by atoms with Crippen molar-refractivity contribution in [2.24, 2.45) is 14.1 Å². The highest BCUT2D eigenvalue weighted by Crippen LogP contribution is 2.20. The number of para-hydroxylation sites is 1. The Labute approximate surface area is 166 Å². The average molecular weight is 391 g/mol. The van der Waals surface area contributed by atoms with Crippen LogP contribution in [0.2, 0.25) is 0 Å². The van der Waals surface area contributed by atoms with Gasteiger partial charge in [-0.2, -0.15) is 10.2 Å². The lowest BCUT2D eigenvalue weighted by atomic mass is 10.2. The molecule has 9 heteroatoms. The fourth-order valence-corrected chi connectivity index (χ4v) is 3.46. The van der Waals surface area contributed by atoms with E-state index in [1.54, 1.807) is 60.4 Å². The number of carbonyl (C=O) groups is 1. The first-order chi connectivity index (χ1) is 13.9. The third-order valence-electron chi connectivity index (χ3n) is 4.93. The number of nitrogens with one attached hydrogen (secondary N) is 1. The summed E-state index contributed by atoms with van der Waals surface area (Å²) in [5.74, 6) is 0.120. The Balaban J connectivity index is 1.78. The van der Waals surface area contributed by atoms with Gasteiger partial charge >= 0.3 is 0 Å². The van der Waals surface area contributed by atoms with Gasteiger partial charge in [0.15, 0.2) is 5.82 Å². The van der Waals surface area contributed by atoms with Gasteiger partial charge in [-0.1, -0.05) is 18.2 Å². The van der Waals surface area contributed by atoms with E-state index >= 15 is 0 Å². The Hall–Kier alpha value is -3.88. The SMILES string of the molecule is Cc1nn(C)c(-n2cccn2)c1C(=O)Nc1c(C)n(C)n(-c2ccccc2)c1=O. The average Bonchev–Trinajstić information content (AvgIpc) is 3.37. The molecule has 0 fully saturated rings. The van der Waals surface area contributed by atoms with Gasteiger partial charge < -0.3 is 5.32 Å². The number of aryl methyl sites for hydroxylation is 2. The van der Waals surface area contributed by atoms with Gasteiger partial charge in [-0.3, -0.25) is 14.3 Å². The number of anilines is 1. The molecule has 0 aliphatic heterocycles. The Morgan fingerprint density at radius 2 is 1.79 bits per heavy atom. The monoisotopic (exact) mass is 391 g/mol. The van der Waals surface area contributed by atoms with Crippen LogP contribution in [0.4, 0.5) is 5.69 Å². The molecule has 1 amide bonds. The number of carbonyl (C=O) groups excluding carboxylic acids is 1. The van der Waals surface area contributed by atoms with Crippen LogP contribution in [0.3, 0.4) is 0 Å². The number of rotatable bonds is 4. The quantitative estimate of drug-likeness (QED) is 0.576. The molecule has 0 saturated carbocycles. The van der Waals surface area contributed by atoms with E-state index in [0.717, 1.165) is 5.69 Å². The maximum absolute atomic E-state index is 13.2. The van der Waals surface area contributed by atoms with E-state index in [4.69, 9.17) is 0 Å². The molecule has 3 aromatic heterocycles. The number of aromatic nitrogens is 6. The van der Waals surface area contributed by atoms with Crippen molar-refractivity contribution in [2.45, 2.75) is 13.8 Å². The highest BCUT2D eigenvalue weighted by molar-refractivity contribution is 6.07. The van der Waals surface area contributed by atoms with Crippen LogP contribution in [0.15, 0.2) is 53.6 Å². The lowest BCUT2D eigenvalue weighted by Gasteiger charge is -2.08. The normalized spacial score (nSPS) is 11.0. The number of benzene rings is 1. The molecule has 0 aliphatic rings. The molecule has 4 rings (SSSR count). The van der Waals surface area contributed by atoms with E-state index in [-0.39, 0.29) is 11.2 Å². The number of hydrogen-bond acceptors (Lipinski definition) is 4. The highest BCUT2D eigenvalue weighted by Gasteiger charge is 2.25. The number of amides is 1. The van der Waals surface area contributed by atoms with Crippen LogP contribution in [0.5, 0.6) is 0 Å². The predicted molar refractivity (Wildman–Crippen MR) is 109 cm³/mol. The van der Waals surface area contributed by atoms with Crippen molar-refractivity contribution in [3.63, 3.8) is 0 Å². The summed E-state index contributed by atoms with van der Waals surface area (Å²) in [5, 5.41) is 11.4. The lowest BCUT2D eigenvalue weighted by molar-refractivity contribution is 0.102. The summed E-state index contributed by atoms with van der Waals surface area (Å²) in [6.45, 7) is 3.54. The Kier molecular flexibility index (Phi) is 4.42. The first kappa shape index (κ1) is 18.5. The van der Waals surface area contributed by atoms with Crippen LogP contribution in [0.1, 0.15) is 21.7 Å². The standard InChI is InChI=1S/C20H21N7O2/c1-13-16(19(24(3)23-13)26-12-8-11-21-26)18(28)22-17-14(2)25(4)27(20(17)29)15-9-6-5-7-10-15/h5-12H,1-4H3,(H,22,28). The molecule has 4 aromatic rings. The first-order valence-corrected chi connectivity index (χ1v) is 9.09. The van der Waals surface area contributed by atoms with E-state index in [1.807, 2.05) is 30.3 Å². The minimum atomic E-state index is -0.410. The number of hydrogen-bond donors (Lipinski definition) is 1. The third kappa shape index (κ3) is 2.96. The molecule has 0 saturated heterocycles. The van der Waals surface area contributed by atoms with Gasteiger partial charge in [-0.25, -0.2) is 14.0 Å². The second kappa shape index (κ2) is 6.93. The summed E-state index contributed by atoms with van der Waals surface area (Å²) in [6.07, 6.45) is 3.37. The van der Waals surface area contributed by atoms with Crippen LogP contribution in [-0.4, -0.2) is 34.8 Å². The molecule has 0 bridgehead atoms. The van der Waals surface area contributed by atoms with Gasteiger partial charge in [0.2, 0.25) is 0 Å². The predicted octanol–water partition coefficient (Wildman–Crippen LogP) is 1.96. The molecule has 9 nitrogen and oxygen atoms in total. The van der Waals surface area contributed by atoms with Gasteiger partial charge in [0.25, 0.3) is 11.5 Å². The minimum Gasteiger partial charge on any atom is -0.316 e. The van der Waals surface area contributed by atoms with Gasteiger partial charge in [0.1, 0.15) is 11.3 Å². The zero-order valence-electron chi connectivity index (χ0n) is 16.6. The molecular formula is C20H21N7O2. The number of nitrogens with zero attached hydrogens (tertiary/aromatic N) is 6. The van der Waals surface area contributed by atoms with Crippen molar-refractivity contribution in [2.75, 3.05) is 5.32 Å². The molecule has 29 heavy (non-hydrogen) atoms. The van der Waals surface area contributed by atoms with Gasteiger partial charge in [-0.05, 0) is 32.0 Å².